The summed E-state index contributed by atoms with van der Waals surface area (Å²) in [5.41, 5.74) is 5.45. The number of piperazine rings is 1. The summed E-state index contributed by atoms with van der Waals surface area (Å²) in [7, 11) is 1.66. The van der Waals surface area contributed by atoms with Gasteiger partial charge in [-0.05, 0) is 31.2 Å². The molecule has 2 fully saturated rings. The molecule has 0 aliphatic carbocycles. The Labute approximate surface area is 191 Å². The van der Waals surface area contributed by atoms with E-state index in [2.05, 4.69) is 26.6 Å². The first-order valence-corrected chi connectivity index (χ1v) is 11.8. The number of thiazole rings is 1. The van der Waals surface area contributed by atoms with E-state index in [4.69, 9.17) is 14.5 Å². The van der Waals surface area contributed by atoms with E-state index in [0.29, 0.717) is 18.8 Å². The molecule has 2 N–H and O–H groups in total. The molecule has 8 nitrogen and oxygen atoms in total. The lowest BCUT2D eigenvalue weighted by Gasteiger charge is -2.30. The second kappa shape index (κ2) is 8.91. The molecule has 2 aliphatic heterocycles. The van der Waals surface area contributed by atoms with Gasteiger partial charge in [-0.25, -0.2) is 9.97 Å². The van der Waals surface area contributed by atoms with Gasteiger partial charge in [-0.3, -0.25) is 4.79 Å². The molecule has 0 bridgehead atoms. The minimum absolute atomic E-state index is 0.0861. The van der Waals surface area contributed by atoms with Crippen LogP contribution in [0.25, 0.3) is 21.5 Å². The Bertz CT molecular complexity index is 1130. The first-order chi connectivity index (χ1) is 15.6. The molecule has 32 heavy (non-hydrogen) atoms. The Kier molecular flexibility index (Phi) is 5.84. The fourth-order valence-corrected chi connectivity index (χ4v) is 5.05. The number of anilines is 1. The molecule has 4 heterocycles. The van der Waals surface area contributed by atoms with Crippen LogP contribution in [0.3, 0.4) is 0 Å². The Morgan fingerprint density at radius 1 is 1.25 bits per heavy atom. The lowest BCUT2D eigenvalue weighted by Crippen LogP contribution is -2.43. The van der Waals surface area contributed by atoms with Crippen molar-refractivity contribution in [2.75, 3.05) is 44.7 Å². The van der Waals surface area contributed by atoms with Crippen LogP contribution < -0.4 is 25.0 Å². The Morgan fingerprint density at radius 2 is 2.09 bits per heavy atom. The van der Waals surface area contributed by atoms with Gasteiger partial charge in [0.25, 0.3) is 0 Å². The van der Waals surface area contributed by atoms with Crippen LogP contribution in [0, 0.1) is 5.92 Å². The van der Waals surface area contributed by atoms with E-state index < -0.39 is 0 Å². The predicted octanol–water partition coefficient (Wildman–Crippen LogP) is 2.68. The summed E-state index contributed by atoms with van der Waals surface area (Å²) >= 11 is 1.56. The number of nitrogens with zero attached hydrogens (tertiary/aromatic N) is 3. The number of ether oxygens (including phenoxy) is 2. The lowest BCUT2D eigenvalue weighted by atomic mass is 10.0. The number of aromatic nitrogens is 2. The molecule has 168 valence electrons. The van der Waals surface area contributed by atoms with Crippen LogP contribution in [0.1, 0.15) is 13.3 Å². The molecule has 0 saturated carbocycles. The Balaban J connectivity index is 1.47. The van der Waals surface area contributed by atoms with Gasteiger partial charge in [0, 0.05) is 50.6 Å². The van der Waals surface area contributed by atoms with Gasteiger partial charge < -0.3 is 25.0 Å². The van der Waals surface area contributed by atoms with Gasteiger partial charge in [-0.2, -0.15) is 0 Å². The van der Waals surface area contributed by atoms with Crippen molar-refractivity contribution < 1.29 is 14.3 Å². The summed E-state index contributed by atoms with van der Waals surface area (Å²) in [5.74, 6) is 1.64. The highest BCUT2D eigenvalue weighted by Crippen LogP contribution is 2.37. The van der Waals surface area contributed by atoms with Crippen LogP contribution in [-0.4, -0.2) is 61.8 Å². The molecular formula is C23H27N5O3S. The van der Waals surface area contributed by atoms with E-state index in [0.717, 1.165) is 59.1 Å². The van der Waals surface area contributed by atoms with E-state index in [1.54, 1.807) is 18.4 Å². The lowest BCUT2D eigenvalue weighted by molar-refractivity contribution is -0.119. The quantitative estimate of drug-likeness (QED) is 0.593. The zero-order valence-electron chi connectivity index (χ0n) is 18.3. The number of pyridine rings is 1. The summed E-state index contributed by atoms with van der Waals surface area (Å²) < 4.78 is 13.0. The third-order valence-electron chi connectivity index (χ3n) is 6.17. The van der Waals surface area contributed by atoms with Gasteiger partial charge in [0.1, 0.15) is 11.9 Å². The molecule has 2 unspecified atom stereocenters. The smallest absolute Gasteiger partial charge is 0.237 e. The first-order valence-electron chi connectivity index (χ1n) is 10.9. The molecule has 2 saturated heterocycles. The summed E-state index contributed by atoms with van der Waals surface area (Å²) in [5, 5.41) is 6.26. The highest BCUT2D eigenvalue weighted by Gasteiger charge is 2.28. The van der Waals surface area contributed by atoms with Crippen molar-refractivity contribution in [3.8, 4) is 22.9 Å². The van der Waals surface area contributed by atoms with Crippen molar-refractivity contribution in [2.24, 2.45) is 5.92 Å². The zero-order valence-corrected chi connectivity index (χ0v) is 19.1. The van der Waals surface area contributed by atoms with Crippen LogP contribution in [0.4, 0.5) is 5.69 Å². The van der Waals surface area contributed by atoms with E-state index in [-0.39, 0.29) is 17.9 Å². The fourth-order valence-electron chi connectivity index (χ4n) is 4.32. The standard InChI is InChI=1S/C23H27N5O3S/c1-14(16-11-21(29)25-12-16)31-20-10-15(9-18-22(20)32-13-26-18)17-3-4-19(23(27-17)30-2)28-7-5-24-6-8-28/h3-4,9-10,13-14,16,24H,5-8,11-12H2,1-2H3,(H,25,29). The molecule has 2 atom stereocenters. The van der Waals surface area contributed by atoms with Crippen molar-refractivity contribution >= 4 is 33.1 Å². The third kappa shape index (κ3) is 4.10. The monoisotopic (exact) mass is 453 g/mol. The number of hydrogen-bond acceptors (Lipinski definition) is 8. The van der Waals surface area contributed by atoms with Crippen molar-refractivity contribution in [1.29, 1.82) is 0 Å². The van der Waals surface area contributed by atoms with Crippen LogP contribution in [0.2, 0.25) is 0 Å². The number of amides is 1. The SMILES string of the molecule is COc1nc(-c2cc(OC(C)C3CNC(=O)C3)c3scnc3c2)ccc1N1CCNCC1. The van der Waals surface area contributed by atoms with Gasteiger partial charge in [0.15, 0.2) is 0 Å². The van der Waals surface area contributed by atoms with Crippen molar-refractivity contribution in [2.45, 2.75) is 19.4 Å². The molecule has 1 aromatic carbocycles. The third-order valence-corrected chi connectivity index (χ3v) is 7.03. The van der Waals surface area contributed by atoms with Crippen LogP contribution in [-0.2, 0) is 4.79 Å². The second-order valence-corrected chi connectivity index (χ2v) is 9.08. The fraction of sp³-hybridized carbons (Fsp3) is 0.435. The molecule has 0 spiro atoms. The number of nitrogens with one attached hydrogen (secondary N) is 2. The van der Waals surface area contributed by atoms with Crippen molar-refractivity contribution in [1.82, 2.24) is 20.6 Å². The minimum Gasteiger partial charge on any atom is -0.489 e. The maximum absolute atomic E-state index is 11.6. The van der Waals surface area contributed by atoms with Crippen LogP contribution in [0.5, 0.6) is 11.6 Å². The average Bonchev–Trinajstić information content (AvgIpc) is 3.48. The normalized spacial score (nSPS) is 19.8. The van der Waals surface area contributed by atoms with Gasteiger partial charge in [-0.15, -0.1) is 11.3 Å². The van der Waals surface area contributed by atoms with E-state index >= 15 is 0 Å². The topological polar surface area (TPSA) is 88.6 Å². The number of methoxy groups -OCH3 is 1. The van der Waals surface area contributed by atoms with Gasteiger partial charge >= 0.3 is 0 Å². The predicted molar refractivity (Wildman–Crippen MR) is 126 cm³/mol. The molecule has 2 aromatic heterocycles. The van der Waals surface area contributed by atoms with E-state index in [1.165, 1.54) is 0 Å². The molecule has 2 aliphatic rings. The van der Waals surface area contributed by atoms with E-state index in [9.17, 15) is 4.79 Å². The van der Waals surface area contributed by atoms with Gasteiger partial charge in [0.2, 0.25) is 11.8 Å². The van der Waals surface area contributed by atoms with Crippen molar-refractivity contribution in [3.63, 3.8) is 0 Å². The molecular weight excluding hydrogens is 426 g/mol. The number of carbonyl (C=O) groups excluding carboxylic acids is 1. The minimum atomic E-state index is -0.0907. The maximum Gasteiger partial charge on any atom is 0.237 e. The Morgan fingerprint density at radius 3 is 2.84 bits per heavy atom. The molecule has 5 rings (SSSR count). The van der Waals surface area contributed by atoms with Crippen LogP contribution >= 0.6 is 11.3 Å². The highest BCUT2D eigenvalue weighted by atomic mass is 32.1. The number of hydrogen-bond donors (Lipinski definition) is 2. The number of rotatable bonds is 6. The Hall–Kier alpha value is -2.91. The molecule has 9 heteroatoms. The van der Waals surface area contributed by atoms with E-state index in [1.807, 2.05) is 30.6 Å². The van der Waals surface area contributed by atoms with Gasteiger partial charge in [0.05, 0.1) is 34.2 Å². The molecule has 1 amide bonds. The summed E-state index contributed by atoms with van der Waals surface area (Å²) in [6, 6.07) is 8.17. The van der Waals surface area contributed by atoms with Gasteiger partial charge in [-0.1, -0.05) is 0 Å². The average molecular weight is 454 g/mol. The number of benzene rings is 1. The number of fused-ring (bicyclic) bond motifs is 1. The summed E-state index contributed by atoms with van der Waals surface area (Å²) in [4.78, 5) is 23.2. The second-order valence-electron chi connectivity index (χ2n) is 8.23. The summed E-state index contributed by atoms with van der Waals surface area (Å²) in [6.45, 7) is 6.43. The zero-order chi connectivity index (χ0) is 22.1. The van der Waals surface area contributed by atoms with Crippen molar-refractivity contribution in [3.05, 3.63) is 29.8 Å². The van der Waals surface area contributed by atoms with Crippen LogP contribution in [0.15, 0.2) is 29.8 Å². The molecule has 3 aromatic rings. The highest BCUT2D eigenvalue weighted by molar-refractivity contribution is 7.17. The summed E-state index contributed by atoms with van der Waals surface area (Å²) in [6.07, 6.45) is 0.408. The number of carbonyl (C=O) groups is 1. The first kappa shape index (κ1) is 21.0. The molecule has 0 radical (unpaired) electrons. The maximum atomic E-state index is 11.6. The largest absolute Gasteiger partial charge is 0.489 e.